The summed E-state index contributed by atoms with van der Waals surface area (Å²) < 4.78 is 17.1. The highest BCUT2D eigenvalue weighted by Crippen LogP contribution is 2.43. The Balaban J connectivity index is 0.000000309. The van der Waals surface area contributed by atoms with Gasteiger partial charge in [0.1, 0.15) is 30.8 Å². The number of rotatable bonds is 21. The van der Waals surface area contributed by atoms with Crippen LogP contribution in [0.1, 0.15) is 176 Å². The Bertz CT molecular complexity index is 2440. The molecule has 1 saturated heterocycles. The van der Waals surface area contributed by atoms with E-state index in [0.717, 1.165) is 60.1 Å². The lowest BCUT2D eigenvalue weighted by atomic mass is 9.70. The minimum atomic E-state index is -0.924. The zero-order chi connectivity index (χ0) is 52.9. The minimum Gasteiger partial charge on any atom is -0.491 e. The standard InChI is InChI=1S/C31H44O5.C31H42O4/c1-8-31(9-2,24-12-10-23(21(3)18-24)11-16-28(33)30(5,6)7)25-13-15-27(22(4)19-25)36-20-26(32)14-17-29(34)35;1-8-31(9-2,24-12-10-23(21(3)18-24)11-16-28(32)30(5,6)7)25-13-15-27(22(4)19-25)34-20-26-14-17-29(33)35-26/h10-13,15-16,18-19,26,28,32-33H,8-9,14,17,20H2,1-7H3,(H,34,35);10-13,15-16,18-19,26,28,32H,8-9,14,17,20H2,1-7H3/b2*16-11+/t2*26-,28?/m00/s1. The molecule has 0 radical (unpaired) electrons. The zero-order valence-electron chi connectivity index (χ0n) is 45.4. The molecule has 5 rings (SSSR count). The van der Waals surface area contributed by atoms with Crippen LogP contribution in [-0.2, 0) is 25.2 Å². The van der Waals surface area contributed by atoms with E-state index in [9.17, 15) is 24.9 Å². The number of aryl methyl sites for hydroxylation is 4. The number of carbonyl (C=O) groups excluding carboxylic acids is 1. The van der Waals surface area contributed by atoms with E-state index in [2.05, 4.69) is 115 Å². The second-order valence-electron chi connectivity index (χ2n) is 21.9. The first-order valence-corrected chi connectivity index (χ1v) is 25.9. The predicted molar refractivity (Wildman–Crippen MR) is 289 cm³/mol. The Labute approximate surface area is 426 Å². The number of aliphatic carboxylic acids is 1. The first-order valence-electron chi connectivity index (χ1n) is 25.9. The van der Waals surface area contributed by atoms with Crippen molar-refractivity contribution in [1.29, 1.82) is 0 Å². The summed E-state index contributed by atoms with van der Waals surface area (Å²) in [5, 5.41) is 39.6. The molecule has 0 bridgehead atoms. The van der Waals surface area contributed by atoms with Crippen LogP contribution in [-0.4, -0.2) is 70.0 Å². The van der Waals surface area contributed by atoms with Crippen LogP contribution in [0.4, 0.5) is 0 Å². The Morgan fingerprint density at radius 2 is 1.03 bits per heavy atom. The van der Waals surface area contributed by atoms with Gasteiger partial charge in [0, 0.05) is 23.7 Å². The van der Waals surface area contributed by atoms with E-state index in [1.54, 1.807) is 0 Å². The summed E-state index contributed by atoms with van der Waals surface area (Å²) in [5.41, 5.74) is 11.1. The summed E-state index contributed by atoms with van der Waals surface area (Å²) >= 11 is 0. The quantitative estimate of drug-likeness (QED) is 0.0600. The summed E-state index contributed by atoms with van der Waals surface area (Å²) in [6.07, 6.45) is 11.0. The normalized spacial score (nSPS) is 15.8. The predicted octanol–water partition coefficient (Wildman–Crippen LogP) is 13.3. The van der Waals surface area contributed by atoms with Crippen LogP contribution in [0.2, 0.25) is 0 Å². The summed E-state index contributed by atoms with van der Waals surface area (Å²) in [6, 6.07) is 26.0. The third kappa shape index (κ3) is 15.4. The number of ether oxygens (including phenoxy) is 3. The maximum absolute atomic E-state index is 11.3. The Morgan fingerprint density at radius 3 is 1.37 bits per heavy atom. The van der Waals surface area contributed by atoms with Crippen LogP contribution < -0.4 is 9.47 Å². The molecule has 1 heterocycles. The van der Waals surface area contributed by atoms with Crippen molar-refractivity contribution in [2.24, 2.45) is 10.8 Å². The number of carboxylic acid groups (broad SMARTS) is 1. The maximum Gasteiger partial charge on any atom is 0.306 e. The number of carbonyl (C=O) groups is 2. The third-order valence-corrected chi connectivity index (χ3v) is 14.7. The Hall–Kier alpha value is -5.22. The molecule has 4 N–H and O–H groups in total. The largest absolute Gasteiger partial charge is 0.491 e. The zero-order valence-corrected chi connectivity index (χ0v) is 45.4. The number of cyclic esters (lactones) is 1. The van der Waals surface area contributed by atoms with E-state index in [-0.39, 0.29) is 53.2 Å². The van der Waals surface area contributed by atoms with Crippen molar-refractivity contribution >= 4 is 24.1 Å². The molecule has 2 unspecified atom stereocenters. The van der Waals surface area contributed by atoms with Crippen molar-refractivity contribution in [3.63, 3.8) is 0 Å². The van der Waals surface area contributed by atoms with Gasteiger partial charge < -0.3 is 34.6 Å². The molecule has 71 heavy (non-hydrogen) atoms. The SMILES string of the molecule is CCC(CC)(c1ccc(/C=C/C(O)C(C)(C)C)c(C)c1)c1ccc(OC[C@@H](O)CCC(=O)O)c(C)c1.CCC(CC)(c1ccc(/C=C/C(O)C(C)(C)C)c(C)c1)c1ccc(OC[C@@H]2CCC(=O)O2)c(C)c1. The summed E-state index contributed by atoms with van der Waals surface area (Å²) in [6.45, 7) is 29.9. The van der Waals surface area contributed by atoms with Crippen molar-refractivity contribution in [2.75, 3.05) is 13.2 Å². The molecule has 1 fully saturated rings. The highest BCUT2D eigenvalue weighted by Gasteiger charge is 2.33. The lowest BCUT2D eigenvalue weighted by Crippen LogP contribution is -2.26. The second-order valence-corrected chi connectivity index (χ2v) is 21.9. The van der Waals surface area contributed by atoms with Gasteiger partial charge in [0.05, 0.1) is 18.3 Å². The number of hydrogen-bond acceptors (Lipinski definition) is 8. The highest BCUT2D eigenvalue weighted by atomic mass is 16.6. The molecule has 4 atom stereocenters. The van der Waals surface area contributed by atoms with Crippen molar-refractivity contribution in [3.8, 4) is 11.5 Å². The summed E-state index contributed by atoms with van der Waals surface area (Å²) in [5.74, 6) is 0.477. The molecule has 4 aromatic rings. The molecule has 4 aromatic carbocycles. The average molecular weight is 975 g/mol. The first-order chi connectivity index (χ1) is 33.3. The lowest BCUT2D eigenvalue weighted by molar-refractivity contribution is -0.142. The van der Waals surface area contributed by atoms with Gasteiger partial charge in [0.2, 0.25) is 0 Å². The van der Waals surface area contributed by atoms with Crippen molar-refractivity contribution in [3.05, 3.63) is 141 Å². The van der Waals surface area contributed by atoms with E-state index in [4.69, 9.17) is 19.3 Å². The van der Waals surface area contributed by atoms with Gasteiger partial charge in [-0.3, -0.25) is 9.59 Å². The monoisotopic (exact) mass is 975 g/mol. The van der Waals surface area contributed by atoms with Crippen LogP contribution in [0.25, 0.3) is 12.2 Å². The molecule has 388 valence electrons. The number of carboxylic acids is 1. The van der Waals surface area contributed by atoms with Crippen LogP contribution in [0.3, 0.4) is 0 Å². The summed E-state index contributed by atoms with van der Waals surface area (Å²) in [4.78, 5) is 22.1. The van der Waals surface area contributed by atoms with Gasteiger partial charge in [-0.05, 0) is 145 Å². The number of esters is 1. The Kier molecular flexibility index (Phi) is 20.9. The number of aliphatic hydroxyl groups excluding tert-OH is 3. The minimum absolute atomic E-state index is 0.0677. The summed E-state index contributed by atoms with van der Waals surface area (Å²) in [7, 11) is 0. The first kappa shape index (κ1) is 58.4. The number of aliphatic hydroxyl groups is 3. The topological polar surface area (TPSA) is 143 Å². The molecule has 0 saturated carbocycles. The molecular formula is C62H86O9. The fraction of sp³-hybridized carbons (Fsp3) is 0.516. The van der Waals surface area contributed by atoms with Crippen molar-refractivity contribution < 1.29 is 44.2 Å². The fourth-order valence-corrected chi connectivity index (χ4v) is 9.41. The molecular weight excluding hydrogens is 889 g/mol. The van der Waals surface area contributed by atoms with Gasteiger partial charge in [-0.15, -0.1) is 0 Å². The molecule has 1 aliphatic heterocycles. The molecule has 0 spiro atoms. The van der Waals surface area contributed by atoms with Crippen molar-refractivity contribution in [1.82, 2.24) is 0 Å². The highest BCUT2D eigenvalue weighted by molar-refractivity contribution is 5.71. The molecule has 0 aromatic heterocycles. The molecule has 0 aliphatic carbocycles. The van der Waals surface area contributed by atoms with E-state index in [1.165, 1.54) is 33.4 Å². The van der Waals surface area contributed by atoms with E-state index in [0.29, 0.717) is 18.8 Å². The van der Waals surface area contributed by atoms with Gasteiger partial charge in [-0.25, -0.2) is 0 Å². The third-order valence-electron chi connectivity index (χ3n) is 14.7. The smallest absolute Gasteiger partial charge is 0.306 e. The second kappa shape index (κ2) is 25.4. The lowest BCUT2D eigenvalue weighted by Gasteiger charge is -2.34. The molecule has 9 heteroatoms. The van der Waals surface area contributed by atoms with Gasteiger partial charge in [0.25, 0.3) is 0 Å². The molecule has 9 nitrogen and oxygen atoms in total. The maximum atomic E-state index is 11.3. The van der Waals surface area contributed by atoms with Crippen molar-refractivity contribution in [2.45, 2.75) is 184 Å². The molecule has 1 aliphatic rings. The van der Waals surface area contributed by atoms with Gasteiger partial charge in [-0.2, -0.15) is 0 Å². The van der Waals surface area contributed by atoms with Crippen LogP contribution in [0.5, 0.6) is 11.5 Å². The van der Waals surface area contributed by atoms with Crippen LogP contribution >= 0.6 is 0 Å². The van der Waals surface area contributed by atoms with E-state index < -0.39 is 24.3 Å². The van der Waals surface area contributed by atoms with E-state index in [1.807, 2.05) is 78.8 Å². The Morgan fingerprint density at radius 1 is 0.634 bits per heavy atom. The van der Waals surface area contributed by atoms with Gasteiger partial charge in [0.15, 0.2) is 0 Å². The van der Waals surface area contributed by atoms with Gasteiger partial charge in [-0.1, -0.05) is 154 Å². The number of hydrogen-bond donors (Lipinski definition) is 4. The van der Waals surface area contributed by atoms with Crippen LogP contribution in [0.15, 0.2) is 84.9 Å². The van der Waals surface area contributed by atoms with Gasteiger partial charge >= 0.3 is 11.9 Å². The molecule has 0 amide bonds. The van der Waals surface area contributed by atoms with Crippen LogP contribution in [0, 0.1) is 38.5 Å². The average Bonchev–Trinajstić information content (AvgIpc) is 3.74. The fourth-order valence-electron chi connectivity index (χ4n) is 9.41. The number of benzene rings is 4. The van der Waals surface area contributed by atoms with E-state index >= 15 is 0 Å².